The lowest BCUT2D eigenvalue weighted by Crippen LogP contribution is -2.53. The summed E-state index contributed by atoms with van der Waals surface area (Å²) in [5.41, 5.74) is 3.19. The average molecular weight is 522 g/mol. The minimum atomic E-state index is -1.71. The molecule has 1 atom stereocenters. The van der Waals surface area contributed by atoms with E-state index in [2.05, 4.69) is 0 Å². The second-order valence-electron chi connectivity index (χ2n) is 9.95. The topological polar surface area (TPSA) is 83.7 Å². The summed E-state index contributed by atoms with van der Waals surface area (Å²) >= 11 is 1.32. The number of nitrogens with zero attached hydrogens (tertiary/aromatic N) is 3. The molecule has 0 radical (unpaired) electrons. The molecule has 0 saturated heterocycles. The quantitative estimate of drug-likeness (QED) is 0.302. The van der Waals surface area contributed by atoms with E-state index >= 15 is 0 Å². The van der Waals surface area contributed by atoms with E-state index in [0.717, 1.165) is 26.9 Å². The van der Waals surface area contributed by atoms with Gasteiger partial charge in [-0.2, -0.15) is 0 Å². The van der Waals surface area contributed by atoms with Crippen LogP contribution in [0.5, 0.6) is 0 Å². The van der Waals surface area contributed by atoms with Gasteiger partial charge in [0.25, 0.3) is 11.8 Å². The van der Waals surface area contributed by atoms with Crippen LogP contribution < -0.4 is 15.2 Å². The molecule has 3 aromatic carbocycles. The van der Waals surface area contributed by atoms with Crippen LogP contribution in [-0.2, 0) is 10.3 Å². The largest absolute Gasteiger partial charge is 0.450 e. The fourth-order valence-corrected chi connectivity index (χ4v) is 6.96. The summed E-state index contributed by atoms with van der Waals surface area (Å²) in [6.07, 6.45) is 0. The maximum Gasteiger partial charge on any atom is 0.297 e. The molecule has 8 heteroatoms. The Labute approximate surface area is 221 Å². The summed E-state index contributed by atoms with van der Waals surface area (Å²) < 4.78 is 7.10. The lowest BCUT2D eigenvalue weighted by atomic mass is 9.84. The van der Waals surface area contributed by atoms with Gasteiger partial charge in [-0.3, -0.25) is 19.3 Å². The van der Waals surface area contributed by atoms with Crippen LogP contribution in [0.15, 0.2) is 63.8 Å². The van der Waals surface area contributed by atoms with Crippen molar-refractivity contribution in [3.8, 4) is 0 Å². The molecule has 0 fully saturated rings. The van der Waals surface area contributed by atoms with E-state index in [1.54, 1.807) is 17.0 Å². The molecule has 0 aliphatic carbocycles. The standard InChI is InChI=1S/C30H23N3O4S/c1-5-32-21-9-7-6-8-19(21)30(28(32)36)24-25(34)18-13-16(3)17(4)14-22(18)37-26(24)27(35)33(30)29-31-20-11-10-15(2)12-23(20)38-29/h6-14H,5H2,1-4H3. The predicted molar refractivity (Wildman–Crippen MR) is 148 cm³/mol. The van der Waals surface area contributed by atoms with E-state index in [-0.39, 0.29) is 22.7 Å². The summed E-state index contributed by atoms with van der Waals surface area (Å²) in [6.45, 7) is 8.10. The van der Waals surface area contributed by atoms with E-state index < -0.39 is 11.4 Å². The fourth-order valence-electron chi connectivity index (χ4n) is 5.85. The second kappa shape index (κ2) is 7.61. The van der Waals surface area contributed by atoms with Crippen LogP contribution in [0.1, 0.15) is 45.3 Å². The molecule has 1 unspecified atom stereocenters. The number of anilines is 2. The Morgan fingerprint density at radius 3 is 2.53 bits per heavy atom. The van der Waals surface area contributed by atoms with Gasteiger partial charge >= 0.3 is 0 Å². The Morgan fingerprint density at radius 1 is 0.974 bits per heavy atom. The number of hydrogen-bond donors (Lipinski definition) is 0. The number of aryl methyl sites for hydroxylation is 3. The van der Waals surface area contributed by atoms with Crippen LogP contribution in [0.4, 0.5) is 10.8 Å². The molecule has 2 aliphatic rings. The molecule has 4 heterocycles. The van der Waals surface area contributed by atoms with E-state index in [1.807, 2.05) is 70.2 Å². The normalized spacial score (nSPS) is 18.3. The van der Waals surface area contributed by atoms with Gasteiger partial charge in [-0.05, 0) is 74.7 Å². The third-order valence-corrected chi connectivity index (χ3v) is 8.78. The van der Waals surface area contributed by atoms with E-state index in [4.69, 9.17) is 9.40 Å². The molecule has 5 aromatic rings. The van der Waals surface area contributed by atoms with Gasteiger partial charge in [-0.1, -0.05) is 35.6 Å². The molecule has 7 nitrogen and oxygen atoms in total. The number of likely N-dealkylation sites (N-methyl/N-ethyl adjacent to an activating group) is 1. The maximum atomic E-state index is 14.5. The number of thiazole rings is 1. The lowest BCUT2D eigenvalue weighted by Gasteiger charge is -2.32. The molecular weight excluding hydrogens is 498 g/mol. The zero-order valence-corrected chi connectivity index (χ0v) is 22.1. The highest BCUT2D eigenvalue weighted by atomic mass is 32.1. The molecule has 7 rings (SSSR count). The molecule has 2 amide bonds. The lowest BCUT2D eigenvalue weighted by molar-refractivity contribution is -0.121. The Morgan fingerprint density at radius 2 is 1.74 bits per heavy atom. The number of para-hydroxylation sites is 1. The van der Waals surface area contributed by atoms with Crippen LogP contribution in [-0.4, -0.2) is 23.3 Å². The Kier molecular flexibility index (Phi) is 4.58. The molecule has 0 N–H and O–H groups in total. The summed E-state index contributed by atoms with van der Waals surface area (Å²) in [4.78, 5) is 50.9. The molecular formula is C30H23N3O4S. The first-order valence-electron chi connectivity index (χ1n) is 12.5. The van der Waals surface area contributed by atoms with Crippen LogP contribution in [0, 0.1) is 20.8 Å². The minimum Gasteiger partial charge on any atom is -0.450 e. The Balaban J connectivity index is 1.64. The predicted octanol–water partition coefficient (Wildman–Crippen LogP) is 5.60. The van der Waals surface area contributed by atoms with Crippen molar-refractivity contribution in [1.29, 1.82) is 0 Å². The van der Waals surface area contributed by atoms with Gasteiger partial charge in [0.05, 0.1) is 26.9 Å². The molecule has 188 valence electrons. The Bertz CT molecular complexity index is 1940. The number of benzene rings is 3. The zero-order chi connectivity index (χ0) is 26.5. The number of amides is 2. The molecule has 1 spiro atoms. The van der Waals surface area contributed by atoms with E-state index in [0.29, 0.717) is 33.9 Å². The van der Waals surface area contributed by atoms with E-state index in [1.165, 1.54) is 16.2 Å². The highest BCUT2D eigenvalue weighted by Gasteiger charge is 2.66. The van der Waals surface area contributed by atoms with Gasteiger partial charge in [-0.25, -0.2) is 4.98 Å². The number of aromatic nitrogens is 1. The summed E-state index contributed by atoms with van der Waals surface area (Å²) in [7, 11) is 0. The number of fused-ring (bicyclic) bond motifs is 6. The number of rotatable bonds is 2. The third kappa shape index (κ3) is 2.67. The summed E-state index contributed by atoms with van der Waals surface area (Å²) in [6, 6.07) is 16.8. The number of carbonyl (C=O) groups excluding carboxylic acids is 2. The van der Waals surface area contributed by atoms with Crippen molar-refractivity contribution in [3.63, 3.8) is 0 Å². The van der Waals surface area contributed by atoms with Gasteiger partial charge in [-0.15, -0.1) is 0 Å². The van der Waals surface area contributed by atoms with Crippen molar-refractivity contribution in [2.45, 2.75) is 33.2 Å². The second-order valence-corrected chi connectivity index (χ2v) is 11.0. The molecule has 38 heavy (non-hydrogen) atoms. The van der Waals surface area contributed by atoms with Gasteiger partial charge in [0, 0.05) is 12.1 Å². The highest BCUT2D eigenvalue weighted by Crippen LogP contribution is 2.54. The van der Waals surface area contributed by atoms with Crippen LogP contribution in [0.25, 0.3) is 21.2 Å². The highest BCUT2D eigenvalue weighted by molar-refractivity contribution is 7.22. The van der Waals surface area contributed by atoms with Crippen molar-refractivity contribution in [1.82, 2.24) is 4.98 Å². The first-order chi connectivity index (χ1) is 18.3. The van der Waals surface area contributed by atoms with E-state index in [9.17, 15) is 14.4 Å². The summed E-state index contributed by atoms with van der Waals surface area (Å²) in [5.74, 6) is -1.02. The van der Waals surface area contributed by atoms with Crippen molar-refractivity contribution >= 4 is 55.2 Å². The monoisotopic (exact) mass is 521 g/mol. The third-order valence-electron chi connectivity index (χ3n) is 7.78. The van der Waals surface area contributed by atoms with Crippen LogP contribution in [0.3, 0.4) is 0 Å². The van der Waals surface area contributed by atoms with Gasteiger partial charge in [0.15, 0.2) is 16.1 Å². The van der Waals surface area contributed by atoms with Crippen molar-refractivity contribution in [3.05, 3.63) is 98.4 Å². The van der Waals surface area contributed by atoms with Crippen molar-refractivity contribution < 1.29 is 14.0 Å². The number of carbonyl (C=O) groups is 2. The Hall–Kier alpha value is -4.30. The smallest absolute Gasteiger partial charge is 0.297 e. The van der Waals surface area contributed by atoms with Gasteiger partial charge in [0.1, 0.15) is 5.58 Å². The first-order valence-corrected chi connectivity index (χ1v) is 13.3. The molecule has 2 aliphatic heterocycles. The molecule has 0 saturated carbocycles. The maximum absolute atomic E-state index is 14.5. The summed E-state index contributed by atoms with van der Waals surface area (Å²) in [5, 5.41) is 0.694. The van der Waals surface area contributed by atoms with Crippen molar-refractivity contribution in [2.24, 2.45) is 0 Å². The van der Waals surface area contributed by atoms with Crippen LogP contribution >= 0.6 is 11.3 Å². The van der Waals surface area contributed by atoms with Crippen molar-refractivity contribution in [2.75, 3.05) is 16.3 Å². The minimum absolute atomic E-state index is 0.0575. The SMILES string of the molecule is CCN1C(=O)C2(c3ccccc31)c1c(oc3cc(C)c(C)cc3c1=O)C(=O)N2c1nc2ccc(C)cc2s1. The van der Waals surface area contributed by atoms with Gasteiger partial charge in [0.2, 0.25) is 5.76 Å². The number of hydrogen-bond acceptors (Lipinski definition) is 6. The first kappa shape index (κ1) is 22.9. The van der Waals surface area contributed by atoms with Crippen LogP contribution in [0.2, 0.25) is 0 Å². The zero-order valence-electron chi connectivity index (χ0n) is 21.3. The molecule has 0 bridgehead atoms. The fraction of sp³-hybridized carbons (Fsp3) is 0.200. The van der Waals surface area contributed by atoms with Gasteiger partial charge < -0.3 is 9.32 Å². The average Bonchev–Trinajstić information content (AvgIpc) is 3.50. The molecule has 2 aromatic heterocycles.